The van der Waals surface area contributed by atoms with E-state index in [0.717, 1.165) is 24.1 Å². The molecule has 23 heavy (non-hydrogen) atoms. The fraction of sp³-hybridized carbons (Fsp3) is 0.471. The summed E-state index contributed by atoms with van der Waals surface area (Å²) in [5.74, 6) is 1.43. The largest absolute Gasteiger partial charge is 0.337 e. The molecular formula is C17H22N4O2. The van der Waals surface area contributed by atoms with Crippen molar-refractivity contribution in [2.45, 2.75) is 39.3 Å². The second kappa shape index (κ2) is 6.50. The molecule has 1 atom stereocenters. The third-order valence-electron chi connectivity index (χ3n) is 4.22. The van der Waals surface area contributed by atoms with Gasteiger partial charge in [-0.2, -0.15) is 4.98 Å². The van der Waals surface area contributed by atoms with E-state index in [9.17, 15) is 4.79 Å². The van der Waals surface area contributed by atoms with Crippen molar-refractivity contribution in [1.29, 1.82) is 0 Å². The fourth-order valence-electron chi connectivity index (χ4n) is 3.00. The molecule has 0 aliphatic carbocycles. The van der Waals surface area contributed by atoms with Crippen LogP contribution >= 0.6 is 0 Å². The van der Waals surface area contributed by atoms with E-state index in [1.807, 2.05) is 29.2 Å². The van der Waals surface area contributed by atoms with E-state index < -0.39 is 0 Å². The quantitative estimate of drug-likeness (QED) is 0.916. The number of hydrogen-bond donors (Lipinski definition) is 1. The molecule has 6 heteroatoms. The first-order chi connectivity index (χ1) is 11.1. The van der Waals surface area contributed by atoms with Gasteiger partial charge >= 0.3 is 0 Å². The normalized spacial score (nSPS) is 16.3. The molecule has 1 unspecified atom stereocenters. The van der Waals surface area contributed by atoms with E-state index in [1.54, 1.807) is 0 Å². The number of benzene rings is 1. The number of likely N-dealkylation sites (tertiary alicyclic amines) is 1. The molecule has 1 amide bonds. The Kier molecular flexibility index (Phi) is 4.43. The number of amides is 1. The van der Waals surface area contributed by atoms with Crippen molar-refractivity contribution in [2.75, 3.05) is 6.54 Å². The van der Waals surface area contributed by atoms with Crippen LogP contribution in [-0.2, 0) is 11.3 Å². The molecule has 1 aliphatic heterocycles. The SMILES string of the molecule is CC(C)C(c1nc(-c2ccc(CN)cc2)no1)N1CCCC1=O. The van der Waals surface area contributed by atoms with E-state index in [-0.39, 0.29) is 17.9 Å². The standard InChI is InChI=1S/C17H22N4O2/c1-11(2)15(21-9-3-4-14(21)22)17-19-16(20-23-17)13-7-5-12(10-18)6-8-13/h5-8,11,15H,3-4,9-10,18H2,1-2H3. The van der Waals surface area contributed by atoms with Crippen molar-refractivity contribution in [1.82, 2.24) is 15.0 Å². The van der Waals surface area contributed by atoms with Crippen LogP contribution in [0.3, 0.4) is 0 Å². The highest BCUT2D eigenvalue weighted by Crippen LogP contribution is 2.32. The van der Waals surface area contributed by atoms with Gasteiger partial charge in [0, 0.05) is 25.1 Å². The van der Waals surface area contributed by atoms with Crippen molar-refractivity contribution in [3.63, 3.8) is 0 Å². The summed E-state index contributed by atoms with van der Waals surface area (Å²) in [4.78, 5) is 18.5. The van der Waals surface area contributed by atoms with Gasteiger partial charge < -0.3 is 15.2 Å². The molecule has 0 bridgehead atoms. The van der Waals surface area contributed by atoms with E-state index >= 15 is 0 Å². The predicted molar refractivity (Wildman–Crippen MR) is 86.2 cm³/mol. The molecule has 3 rings (SSSR count). The monoisotopic (exact) mass is 314 g/mol. The minimum atomic E-state index is -0.158. The van der Waals surface area contributed by atoms with Crippen LogP contribution in [0, 0.1) is 5.92 Å². The number of hydrogen-bond acceptors (Lipinski definition) is 5. The highest BCUT2D eigenvalue weighted by atomic mass is 16.5. The van der Waals surface area contributed by atoms with E-state index in [2.05, 4.69) is 24.0 Å². The molecule has 0 radical (unpaired) electrons. The molecule has 0 spiro atoms. The molecule has 6 nitrogen and oxygen atoms in total. The Balaban J connectivity index is 1.87. The van der Waals surface area contributed by atoms with Gasteiger partial charge in [-0.15, -0.1) is 0 Å². The molecule has 2 N–H and O–H groups in total. The molecule has 1 aromatic heterocycles. The third kappa shape index (κ3) is 3.12. The topological polar surface area (TPSA) is 85.2 Å². The van der Waals surface area contributed by atoms with Gasteiger partial charge in [-0.05, 0) is 17.9 Å². The summed E-state index contributed by atoms with van der Waals surface area (Å²) in [5, 5.41) is 4.09. The Morgan fingerprint density at radius 1 is 1.30 bits per heavy atom. The van der Waals surface area contributed by atoms with Gasteiger partial charge in [-0.1, -0.05) is 43.3 Å². The van der Waals surface area contributed by atoms with Gasteiger partial charge in [0.2, 0.25) is 17.6 Å². The summed E-state index contributed by atoms with van der Waals surface area (Å²) < 4.78 is 5.48. The molecule has 2 aromatic rings. The number of carbonyl (C=O) groups is 1. The van der Waals surface area contributed by atoms with Crippen LogP contribution in [0.5, 0.6) is 0 Å². The van der Waals surface area contributed by atoms with Crippen molar-refractivity contribution in [2.24, 2.45) is 11.7 Å². The van der Waals surface area contributed by atoms with Gasteiger partial charge in [0.15, 0.2) is 0 Å². The average molecular weight is 314 g/mol. The van der Waals surface area contributed by atoms with Crippen molar-refractivity contribution in [3.05, 3.63) is 35.7 Å². The van der Waals surface area contributed by atoms with Crippen LogP contribution in [0.25, 0.3) is 11.4 Å². The third-order valence-corrected chi connectivity index (χ3v) is 4.22. The number of carbonyl (C=O) groups excluding carboxylic acids is 1. The summed E-state index contributed by atoms with van der Waals surface area (Å²) in [6.45, 7) is 5.39. The molecule has 1 saturated heterocycles. The molecule has 1 aliphatic rings. The minimum Gasteiger partial charge on any atom is -0.337 e. The lowest BCUT2D eigenvalue weighted by molar-refractivity contribution is -0.131. The van der Waals surface area contributed by atoms with Gasteiger partial charge in [0.1, 0.15) is 6.04 Å². The highest BCUT2D eigenvalue weighted by Gasteiger charge is 2.34. The van der Waals surface area contributed by atoms with Gasteiger partial charge in [-0.25, -0.2) is 0 Å². The number of aromatic nitrogens is 2. The Bertz CT molecular complexity index is 678. The van der Waals surface area contributed by atoms with Crippen LogP contribution in [0.15, 0.2) is 28.8 Å². The zero-order valence-corrected chi connectivity index (χ0v) is 13.5. The first-order valence-corrected chi connectivity index (χ1v) is 8.02. The van der Waals surface area contributed by atoms with E-state index in [4.69, 9.17) is 10.3 Å². The first-order valence-electron chi connectivity index (χ1n) is 8.02. The zero-order valence-electron chi connectivity index (χ0n) is 13.5. The Labute approximate surface area is 135 Å². The smallest absolute Gasteiger partial charge is 0.250 e. The van der Waals surface area contributed by atoms with Crippen LogP contribution in [0.1, 0.15) is 44.2 Å². The predicted octanol–water partition coefficient (Wildman–Crippen LogP) is 2.51. The summed E-state index contributed by atoms with van der Waals surface area (Å²) in [5.41, 5.74) is 7.55. The van der Waals surface area contributed by atoms with Crippen molar-refractivity contribution >= 4 is 5.91 Å². The second-order valence-electron chi connectivity index (χ2n) is 6.24. The Morgan fingerprint density at radius 2 is 2.04 bits per heavy atom. The van der Waals surface area contributed by atoms with Gasteiger partial charge in [-0.3, -0.25) is 4.79 Å². The van der Waals surface area contributed by atoms with E-state index in [1.165, 1.54) is 0 Å². The second-order valence-corrected chi connectivity index (χ2v) is 6.24. The Morgan fingerprint density at radius 3 is 2.61 bits per heavy atom. The minimum absolute atomic E-state index is 0.158. The molecule has 1 aromatic carbocycles. The van der Waals surface area contributed by atoms with Gasteiger partial charge in [0.05, 0.1) is 0 Å². The maximum atomic E-state index is 12.1. The van der Waals surface area contributed by atoms with E-state index in [0.29, 0.717) is 24.7 Å². The zero-order chi connectivity index (χ0) is 16.4. The maximum absolute atomic E-state index is 12.1. The van der Waals surface area contributed by atoms with Crippen LogP contribution in [-0.4, -0.2) is 27.5 Å². The maximum Gasteiger partial charge on any atom is 0.250 e. The molecule has 1 fully saturated rings. The van der Waals surface area contributed by atoms with Gasteiger partial charge in [0.25, 0.3) is 0 Å². The van der Waals surface area contributed by atoms with Crippen LogP contribution in [0.4, 0.5) is 0 Å². The van der Waals surface area contributed by atoms with Crippen LogP contribution in [0.2, 0.25) is 0 Å². The summed E-state index contributed by atoms with van der Waals surface area (Å²) in [7, 11) is 0. The first kappa shape index (κ1) is 15.7. The summed E-state index contributed by atoms with van der Waals surface area (Å²) >= 11 is 0. The lowest BCUT2D eigenvalue weighted by Crippen LogP contribution is -2.33. The Hall–Kier alpha value is -2.21. The van der Waals surface area contributed by atoms with Crippen molar-refractivity contribution in [3.8, 4) is 11.4 Å². The highest BCUT2D eigenvalue weighted by molar-refractivity contribution is 5.78. The lowest BCUT2D eigenvalue weighted by Gasteiger charge is -2.27. The molecule has 122 valence electrons. The lowest BCUT2D eigenvalue weighted by atomic mass is 10.0. The molecular weight excluding hydrogens is 292 g/mol. The van der Waals surface area contributed by atoms with Crippen LogP contribution < -0.4 is 5.73 Å². The average Bonchev–Trinajstić information content (AvgIpc) is 3.18. The number of nitrogens with zero attached hydrogens (tertiary/aromatic N) is 3. The molecule has 0 saturated carbocycles. The van der Waals surface area contributed by atoms with Crippen molar-refractivity contribution < 1.29 is 9.32 Å². The number of rotatable bonds is 5. The fourth-order valence-corrected chi connectivity index (χ4v) is 3.00. The summed E-state index contributed by atoms with van der Waals surface area (Å²) in [6, 6.07) is 7.62. The molecule has 2 heterocycles. The summed E-state index contributed by atoms with van der Waals surface area (Å²) in [6.07, 6.45) is 1.49. The number of nitrogens with two attached hydrogens (primary N) is 1.